The molecule has 3 aromatic rings. The summed E-state index contributed by atoms with van der Waals surface area (Å²) in [5, 5.41) is 7.49. The summed E-state index contributed by atoms with van der Waals surface area (Å²) in [6.45, 7) is 4.64. The highest BCUT2D eigenvalue weighted by Crippen LogP contribution is 2.20. The zero-order chi connectivity index (χ0) is 20.9. The van der Waals surface area contributed by atoms with Gasteiger partial charge in [0.2, 0.25) is 5.91 Å². The SMILES string of the molecule is C/C(=N\NC(=O)C1CCN(Cc2ccc(Cl)cc2)CC1)c1ccc2ccccc2c1. The molecular formula is C25H26ClN3O. The van der Waals surface area contributed by atoms with Crippen molar-refractivity contribution < 1.29 is 4.79 Å². The van der Waals surface area contributed by atoms with Gasteiger partial charge < -0.3 is 0 Å². The zero-order valence-electron chi connectivity index (χ0n) is 17.1. The number of amides is 1. The largest absolute Gasteiger partial charge is 0.299 e. The van der Waals surface area contributed by atoms with Crippen LogP contribution in [0.4, 0.5) is 0 Å². The molecule has 4 nitrogen and oxygen atoms in total. The summed E-state index contributed by atoms with van der Waals surface area (Å²) in [5.74, 6) is 0.0286. The van der Waals surface area contributed by atoms with E-state index >= 15 is 0 Å². The molecule has 1 aliphatic heterocycles. The molecule has 154 valence electrons. The number of carbonyl (C=O) groups excluding carboxylic acids is 1. The molecule has 0 aliphatic carbocycles. The third-order valence-electron chi connectivity index (χ3n) is 5.78. The first-order valence-corrected chi connectivity index (χ1v) is 10.8. The van der Waals surface area contributed by atoms with E-state index in [1.54, 1.807) is 0 Å². The maximum atomic E-state index is 12.6. The fourth-order valence-corrected chi connectivity index (χ4v) is 4.04. The van der Waals surface area contributed by atoms with Crippen molar-refractivity contribution >= 4 is 34.0 Å². The van der Waals surface area contributed by atoms with Crippen molar-refractivity contribution in [2.75, 3.05) is 13.1 Å². The smallest absolute Gasteiger partial charge is 0.243 e. The number of piperidine rings is 1. The summed E-state index contributed by atoms with van der Waals surface area (Å²) < 4.78 is 0. The topological polar surface area (TPSA) is 44.7 Å². The second-order valence-corrected chi connectivity index (χ2v) is 8.35. The lowest BCUT2D eigenvalue weighted by atomic mass is 9.96. The molecule has 0 spiro atoms. The summed E-state index contributed by atoms with van der Waals surface area (Å²) in [6, 6.07) is 22.4. The van der Waals surface area contributed by atoms with Gasteiger partial charge >= 0.3 is 0 Å². The van der Waals surface area contributed by atoms with E-state index in [4.69, 9.17) is 11.6 Å². The molecule has 1 fully saturated rings. The predicted octanol–water partition coefficient (Wildman–Crippen LogP) is 5.25. The zero-order valence-corrected chi connectivity index (χ0v) is 17.9. The van der Waals surface area contributed by atoms with Crippen molar-refractivity contribution in [3.63, 3.8) is 0 Å². The number of benzene rings is 3. The Morgan fingerprint density at radius 2 is 1.73 bits per heavy atom. The number of nitrogens with one attached hydrogen (secondary N) is 1. The molecule has 1 saturated heterocycles. The maximum absolute atomic E-state index is 12.6. The van der Waals surface area contributed by atoms with E-state index in [2.05, 4.69) is 51.8 Å². The van der Waals surface area contributed by atoms with Crippen LogP contribution in [0.3, 0.4) is 0 Å². The Morgan fingerprint density at radius 3 is 2.47 bits per heavy atom. The molecule has 0 radical (unpaired) electrons. The fraction of sp³-hybridized carbons (Fsp3) is 0.280. The van der Waals surface area contributed by atoms with Gasteiger partial charge in [0.25, 0.3) is 0 Å². The average molecular weight is 420 g/mol. The highest BCUT2D eigenvalue weighted by Gasteiger charge is 2.24. The van der Waals surface area contributed by atoms with Crippen LogP contribution in [0.25, 0.3) is 10.8 Å². The van der Waals surface area contributed by atoms with Crippen molar-refractivity contribution in [3.8, 4) is 0 Å². The normalized spacial score (nSPS) is 16.0. The molecule has 3 aromatic carbocycles. The van der Waals surface area contributed by atoms with E-state index in [-0.39, 0.29) is 11.8 Å². The number of likely N-dealkylation sites (tertiary alicyclic amines) is 1. The van der Waals surface area contributed by atoms with Crippen molar-refractivity contribution in [2.24, 2.45) is 11.0 Å². The summed E-state index contributed by atoms with van der Waals surface area (Å²) in [4.78, 5) is 15.0. The van der Waals surface area contributed by atoms with Crippen LogP contribution in [0.1, 0.15) is 30.9 Å². The highest BCUT2D eigenvalue weighted by atomic mass is 35.5. The molecule has 0 aromatic heterocycles. The van der Waals surface area contributed by atoms with Crippen LogP contribution in [0.2, 0.25) is 5.02 Å². The number of rotatable bonds is 5. The number of hydrazone groups is 1. The summed E-state index contributed by atoms with van der Waals surface area (Å²) in [7, 11) is 0. The van der Waals surface area contributed by atoms with Gasteiger partial charge in [0, 0.05) is 17.5 Å². The molecule has 0 atom stereocenters. The number of nitrogens with zero attached hydrogens (tertiary/aromatic N) is 2. The highest BCUT2D eigenvalue weighted by molar-refractivity contribution is 6.30. The molecule has 5 heteroatoms. The Kier molecular flexibility index (Phi) is 6.46. The summed E-state index contributed by atoms with van der Waals surface area (Å²) in [6.07, 6.45) is 1.70. The minimum Gasteiger partial charge on any atom is -0.299 e. The van der Waals surface area contributed by atoms with Crippen LogP contribution in [-0.2, 0) is 11.3 Å². The molecule has 1 amide bonds. The standard InChI is InChI=1S/C25H26ClN3O/c1-18(22-9-8-20-4-2-3-5-23(20)16-22)27-28-25(30)21-12-14-29(15-13-21)17-19-6-10-24(26)11-7-19/h2-11,16,21H,12-15,17H2,1H3,(H,28,30)/b27-18+. The van der Waals surface area contributed by atoms with E-state index < -0.39 is 0 Å². The number of hydrogen-bond acceptors (Lipinski definition) is 3. The van der Waals surface area contributed by atoms with Gasteiger partial charge in [-0.05, 0) is 73.0 Å². The molecule has 30 heavy (non-hydrogen) atoms. The van der Waals surface area contributed by atoms with Crippen molar-refractivity contribution in [1.82, 2.24) is 10.3 Å². The second-order valence-electron chi connectivity index (χ2n) is 7.91. The first-order valence-electron chi connectivity index (χ1n) is 10.4. The molecule has 0 bridgehead atoms. The molecular weight excluding hydrogens is 394 g/mol. The lowest BCUT2D eigenvalue weighted by Gasteiger charge is -2.30. The van der Waals surface area contributed by atoms with Crippen LogP contribution in [0, 0.1) is 5.92 Å². The van der Waals surface area contributed by atoms with Crippen LogP contribution in [0.5, 0.6) is 0 Å². The Balaban J connectivity index is 1.30. The van der Waals surface area contributed by atoms with Gasteiger partial charge in [-0.25, -0.2) is 5.43 Å². The van der Waals surface area contributed by atoms with Crippen molar-refractivity contribution in [2.45, 2.75) is 26.3 Å². The van der Waals surface area contributed by atoms with E-state index in [1.807, 2.05) is 37.3 Å². The Hall–Kier alpha value is -2.69. The van der Waals surface area contributed by atoms with E-state index in [0.717, 1.165) is 48.8 Å². The van der Waals surface area contributed by atoms with Crippen LogP contribution < -0.4 is 5.43 Å². The quantitative estimate of drug-likeness (QED) is 0.453. The van der Waals surface area contributed by atoms with E-state index in [1.165, 1.54) is 16.3 Å². The number of carbonyl (C=O) groups is 1. The third-order valence-corrected chi connectivity index (χ3v) is 6.03. The minimum atomic E-state index is 0.0135. The first kappa shape index (κ1) is 20.6. The average Bonchev–Trinajstić information content (AvgIpc) is 2.79. The molecule has 0 unspecified atom stereocenters. The first-order chi connectivity index (χ1) is 14.6. The lowest BCUT2D eigenvalue weighted by molar-refractivity contribution is -0.126. The lowest BCUT2D eigenvalue weighted by Crippen LogP contribution is -2.39. The predicted molar refractivity (Wildman–Crippen MR) is 124 cm³/mol. The van der Waals surface area contributed by atoms with E-state index in [9.17, 15) is 4.79 Å². The van der Waals surface area contributed by atoms with Gasteiger partial charge in [0.15, 0.2) is 0 Å². The summed E-state index contributed by atoms with van der Waals surface area (Å²) in [5.41, 5.74) is 5.87. The Bertz CT molecular complexity index is 1050. The monoisotopic (exact) mass is 419 g/mol. The fourth-order valence-electron chi connectivity index (χ4n) is 3.91. The van der Waals surface area contributed by atoms with Crippen LogP contribution in [-0.4, -0.2) is 29.6 Å². The molecule has 0 saturated carbocycles. The number of hydrogen-bond donors (Lipinski definition) is 1. The van der Waals surface area contributed by atoms with Crippen LogP contribution >= 0.6 is 11.6 Å². The van der Waals surface area contributed by atoms with Crippen LogP contribution in [0.15, 0.2) is 71.8 Å². The summed E-state index contributed by atoms with van der Waals surface area (Å²) >= 11 is 5.96. The second kappa shape index (κ2) is 9.41. The van der Waals surface area contributed by atoms with Gasteiger partial charge in [0.1, 0.15) is 0 Å². The van der Waals surface area contributed by atoms with E-state index in [0.29, 0.717) is 0 Å². The van der Waals surface area contributed by atoms with Gasteiger partial charge in [-0.3, -0.25) is 9.69 Å². The third kappa shape index (κ3) is 5.07. The van der Waals surface area contributed by atoms with Gasteiger partial charge in [-0.2, -0.15) is 5.10 Å². The number of halogens is 1. The number of fused-ring (bicyclic) bond motifs is 1. The van der Waals surface area contributed by atoms with Gasteiger partial charge in [-0.1, -0.05) is 60.1 Å². The van der Waals surface area contributed by atoms with Crippen molar-refractivity contribution in [1.29, 1.82) is 0 Å². The molecule has 1 heterocycles. The molecule has 1 aliphatic rings. The van der Waals surface area contributed by atoms with Gasteiger partial charge in [0.05, 0.1) is 5.71 Å². The Labute approximate surface area is 182 Å². The van der Waals surface area contributed by atoms with Crippen molar-refractivity contribution in [3.05, 3.63) is 82.9 Å². The molecule has 1 N–H and O–H groups in total. The molecule has 4 rings (SSSR count). The Morgan fingerprint density at radius 1 is 1.03 bits per heavy atom. The van der Waals surface area contributed by atoms with Gasteiger partial charge in [-0.15, -0.1) is 0 Å². The maximum Gasteiger partial charge on any atom is 0.243 e. The minimum absolute atomic E-state index is 0.0135.